The van der Waals surface area contributed by atoms with E-state index in [1.807, 2.05) is 0 Å². The fourth-order valence-electron chi connectivity index (χ4n) is 4.20. The number of Topliss-reactive ketones (excluding diaryl/α,β-unsaturated/α-hetero) is 1. The lowest BCUT2D eigenvalue weighted by molar-refractivity contribution is -0.150. The monoisotopic (exact) mass is 164 g/mol. The Morgan fingerprint density at radius 2 is 2.25 bits per heavy atom. The third kappa shape index (κ3) is 0.541. The second kappa shape index (κ2) is 1.78. The summed E-state index contributed by atoms with van der Waals surface area (Å²) in [7, 11) is 0. The highest BCUT2D eigenvalue weighted by Crippen LogP contribution is 2.70. The smallest absolute Gasteiger partial charge is 0.145 e. The van der Waals surface area contributed by atoms with Crippen LogP contribution in [-0.2, 0) is 4.79 Å². The molecule has 0 aromatic rings. The van der Waals surface area contributed by atoms with Gasteiger partial charge >= 0.3 is 0 Å². The summed E-state index contributed by atoms with van der Waals surface area (Å²) in [5.41, 5.74) is 0.349. The van der Waals surface area contributed by atoms with Crippen molar-refractivity contribution < 1.29 is 4.79 Å². The largest absolute Gasteiger partial charge is 0.298 e. The normalized spacial score (nSPS) is 56.4. The average molecular weight is 164 g/mol. The molecule has 1 spiro atoms. The Kier molecular flexibility index (Phi) is 1.06. The first-order chi connectivity index (χ1) is 5.67. The molecule has 0 N–H and O–H groups in total. The van der Waals surface area contributed by atoms with E-state index in [4.69, 9.17) is 0 Å². The molecule has 12 heavy (non-hydrogen) atoms. The summed E-state index contributed by atoms with van der Waals surface area (Å²) in [6, 6.07) is 0. The summed E-state index contributed by atoms with van der Waals surface area (Å²) >= 11 is 0. The maximum atomic E-state index is 11.9. The molecule has 1 heteroatoms. The minimum absolute atomic E-state index is 0.134. The summed E-state index contributed by atoms with van der Waals surface area (Å²) in [4.78, 5) is 11.9. The van der Waals surface area contributed by atoms with Crippen molar-refractivity contribution in [3.8, 4) is 0 Å². The number of hydrogen-bond acceptors (Lipinski definition) is 1. The SMILES string of the molecule is C[C@]12C[C@@H]3CCCC[C@@]3(C1)C2=O. The lowest BCUT2D eigenvalue weighted by Gasteiger charge is -2.47. The number of ketones is 1. The average Bonchev–Trinajstić information content (AvgIpc) is 2.49. The van der Waals surface area contributed by atoms with Crippen molar-refractivity contribution in [3.63, 3.8) is 0 Å². The Morgan fingerprint density at radius 1 is 1.42 bits per heavy atom. The van der Waals surface area contributed by atoms with Crippen molar-refractivity contribution in [1.82, 2.24) is 0 Å². The van der Waals surface area contributed by atoms with Gasteiger partial charge in [-0.2, -0.15) is 0 Å². The van der Waals surface area contributed by atoms with E-state index in [0.717, 1.165) is 5.92 Å². The first-order valence-electron chi connectivity index (χ1n) is 5.22. The molecular weight excluding hydrogens is 148 g/mol. The Bertz CT molecular complexity index is 254. The molecule has 4 saturated carbocycles. The molecule has 0 unspecified atom stereocenters. The molecule has 0 saturated heterocycles. The molecule has 0 aromatic carbocycles. The predicted octanol–water partition coefficient (Wildman–Crippen LogP) is 2.55. The predicted molar refractivity (Wildman–Crippen MR) is 46.7 cm³/mol. The van der Waals surface area contributed by atoms with Gasteiger partial charge in [0.05, 0.1) is 0 Å². The number of carbonyl (C=O) groups excluding carboxylic acids is 1. The fourth-order valence-corrected chi connectivity index (χ4v) is 4.20. The minimum atomic E-state index is 0.134. The molecule has 2 bridgehead atoms. The van der Waals surface area contributed by atoms with Crippen molar-refractivity contribution in [3.05, 3.63) is 0 Å². The van der Waals surface area contributed by atoms with E-state index >= 15 is 0 Å². The van der Waals surface area contributed by atoms with Crippen LogP contribution >= 0.6 is 0 Å². The van der Waals surface area contributed by atoms with Crippen LogP contribution in [0.25, 0.3) is 0 Å². The van der Waals surface area contributed by atoms with Gasteiger partial charge in [0, 0.05) is 10.8 Å². The van der Waals surface area contributed by atoms with Crippen LogP contribution in [0.2, 0.25) is 0 Å². The van der Waals surface area contributed by atoms with Crippen molar-refractivity contribution in [2.45, 2.75) is 45.4 Å². The second-order valence-electron chi connectivity index (χ2n) is 5.37. The summed E-state index contributed by atoms with van der Waals surface area (Å²) in [6.07, 6.45) is 7.66. The zero-order chi connectivity index (χ0) is 8.40. The lowest BCUT2D eigenvalue weighted by Crippen LogP contribution is -2.50. The molecule has 0 heterocycles. The van der Waals surface area contributed by atoms with Gasteiger partial charge in [-0.15, -0.1) is 0 Å². The molecule has 0 amide bonds. The highest BCUT2D eigenvalue weighted by Gasteiger charge is 2.70. The number of carbonyl (C=O) groups is 1. The van der Waals surface area contributed by atoms with Crippen molar-refractivity contribution in [2.24, 2.45) is 16.7 Å². The van der Waals surface area contributed by atoms with Crippen molar-refractivity contribution in [2.75, 3.05) is 0 Å². The van der Waals surface area contributed by atoms with Gasteiger partial charge in [0.1, 0.15) is 5.78 Å². The highest BCUT2D eigenvalue weighted by atomic mass is 16.1. The molecule has 4 fully saturated rings. The Morgan fingerprint density at radius 3 is 2.92 bits per heavy atom. The lowest BCUT2D eigenvalue weighted by atomic mass is 9.55. The van der Waals surface area contributed by atoms with Crippen LogP contribution in [0.4, 0.5) is 0 Å². The standard InChI is InChI=1S/C11H16O/c1-10-6-8-4-2-3-5-11(8,7-10)9(10)12/h8H,2-7H2,1H3/t8-,10-,11-/m0/s1. The molecule has 0 aromatic heterocycles. The molecular formula is C11H16O. The molecule has 4 rings (SSSR count). The minimum Gasteiger partial charge on any atom is -0.298 e. The first-order valence-corrected chi connectivity index (χ1v) is 5.22. The summed E-state index contributed by atoms with van der Waals surface area (Å²) < 4.78 is 0. The highest BCUT2D eigenvalue weighted by molar-refractivity contribution is 5.99. The van der Waals surface area contributed by atoms with Gasteiger partial charge in [-0.3, -0.25) is 4.79 Å². The van der Waals surface area contributed by atoms with Gasteiger partial charge < -0.3 is 0 Å². The van der Waals surface area contributed by atoms with E-state index in [1.54, 1.807) is 0 Å². The molecule has 3 atom stereocenters. The maximum Gasteiger partial charge on any atom is 0.145 e. The Balaban J connectivity index is 2.01. The van der Waals surface area contributed by atoms with E-state index in [0.29, 0.717) is 5.78 Å². The van der Waals surface area contributed by atoms with E-state index in [9.17, 15) is 4.79 Å². The third-order valence-corrected chi connectivity index (χ3v) is 4.61. The van der Waals surface area contributed by atoms with E-state index < -0.39 is 0 Å². The molecule has 1 nitrogen and oxygen atoms in total. The first kappa shape index (κ1) is 7.11. The van der Waals surface area contributed by atoms with Crippen LogP contribution < -0.4 is 0 Å². The van der Waals surface area contributed by atoms with Crippen molar-refractivity contribution in [1.29, 1.82) is 0 Å². The van der Waals surface area contributed by atoms with Gasteiger partial charge in [0.2, 0.25) is 0 Å². The molecule has 0 aliphatic heterocycles. The van der Waals surface area contributed by atoms with Gasteiger partial charge in [-0.05, 0) is 31.6 Å². The zero-order valence-electron chi connectivity index (χ0n) is 7.73. The Hall–Kier alpha value is -0.330. The number of hydrogen-bond donors (Lipinski definition) is 0. The number of rotatable bonds is 0. The molecule has 66 valence electrons. The fraction of sp³-hybridized carbons (Fsp3) is 0.909. The van der Waals surface area contributed by atoms with E-state index in [1.165, 1.54) is 38.5 Å². The van der Waals surface area contributed by atoms with Gasteiger partial charge in [0.25, 0.3) is 0 Å². The van der Waals surface area contributed by atoms with Crippen LogP contribution in [0.15, 0.2) is 0 Å². The Labute approximate surface area is 73.5 Å². The van der Waals surface area contributed by atoms with Crippen LogP contribution in [0.3, 0.4) is 0 Å². The van der Waals surface area contributed by atoms with Crippen molar-refractivity contribution >= 4 is 5.78 Å². The third-order valence-electron chi connectivity index (χ3n) is 4.61. The topological polar surface area (TPSA) is 17.1 Å². The molecule has 0 radical (unpaired) electrons. The summed E-state index contributed by atoms with van der Waals surface area (Å²) in [5, 5.41) is 0. The van der Waals surface area contributed by atoms with Crippen LogP contribution in [0.1, 0.15) is 45.4 Å². The summed E-state index contributed by atoms with van der Waals surface area (Å²) in [6.45, 7) is 2.18. The maximum absolute atomic E-state index is 11.9. The van der Waals surface area contributed by atoms with Gasteiger partial charge in [-0.1, -0.05) is 19.8 Å². The van der Waals surface area contributed by atoms with Crippen LogP contribution in [-0.4, -0.2) is 5.78 Å². The molecule has 4 aliphatic rings. The quantitative estimate of drug-likeness (QED) is 0.537. The zero-order valence-corrected chi connectivity index (χ0v) is 7.73. The van der Waals surface area contributed by atoms with Gasteiger partial charge in [0.15, 0.2) is 0 Å². The molecule has 4 aliphatic carbocycles. The summed E-state index contributed by atoms with van der Waals surface area (Å²) in [5.74, 6) is 1.41. The van der Waals surface area contributed by atoms with E-state index in [2.05, 4.69) is 6.92 Å². The van der Waals surface area contributed by atoms with E-state index in [-0.39, 0.29) is 10.8 Å². The van der Waals surface area contributed by atoms with Gasteiger partial charge in [-0.25, -0.2) is 0 Å². The van der Waals surface area contributed by atoms with Crippen LogP contribution in [0.5, 0.6) is 0 Å². The second-order valence-corrected chi connectivity index (χ2v) is 5.37. The van der Waals surface area contributed by atoms with Crippen LogP contribution in [0, 0.1) is 16.7 Å².